The minimum atomic E-state index is 0.0131. The second kappa shape index (κ2) is 10.0. The fourth-order valence-electron chi connectivity index (χ4n) is 6.61. The third kappa shape index (κ3) is 4.89. The van der Waals surface area contributed by atoms with Crippen LogP contribution < -0.4 is 5.32 Å². The van der Waals surface area contributed by atoms with Gasteiger partial charge in [0.15, 0.2) is 0 Å². The maximum absolute atomic E-state index is 12.5. The van der Waals surface area contributed by atoms with E-state index in [1.807, 2.05) is 30.5 Å². The van der Waals surface area contributed by atoms with Crippen LogP contribution in [0.15, 0.2) is 11.7 Å². The van der Waals surface area contributed by atoms with Crippen molar-refractivity contribution in [3.8, 4) is 0 Å². The van der Waals surface area contributed by atoms with E-state index in [0.717, 1.165) is 55.2 Å². The topological polar surface area (TPSA) is 83.4 Å². The van der Waals surface area contributed by atoms with E-state index in [9.17, 15) is 9.59 Å². The predicted molar refractivity (Wildman–Crippen MR) is 136 cm³/mol. The SMILES string of the molecule is CC(=O)N[C@@H](CCN1[C@@H]2CC[C@H]1CC(n1c(C)nc3c1CCN(C(=O)C(C)C)C3)C2)c1cncs1. The molecule has 8 nitrogen and oxygen atoms in total. The summed E-state index contributed by atoms with van der Waals surface area (Å²) < 4.78 is 2.52. The highest BCUT2D eigenvalue weighted by Crippen LogP contribution is 2.43. The minimum absolute atomic E-state index is 0.0131. The lowest BCUT2D eigenvalue weighted by molar-refractivity contribution is -0.135. The van der Waals surface area contributed by atoms with Gasteiger partial charge in [-0.15, -0.1) is 11.3 Å². The van der Waals surface area contributed by atoms with Gasteiger partial charge in [0, 0.05) is 67.2 Å². The number of carbonyl (C=O) groups is 2. The van der Waals surface area contributed by atoms with Gasteiger partial charge in [0.05, 0.1) is 23.8 Å². The number of amides is 2. The van der Waals surface area contributed by atoms with Crippen molar-refractivity contribution in [2.75, 3.05) is 13.1 Å². The van der Waals surface area contributed by atoms with Crippen molar-refractivity contribution in [2.24, 2.45) is 5.92 Å². The van der Waals surface area contributed by atoms with Crippen LogP contribution in [-0.4, -0.2) is 61.3 Å². The minimum Gasteiger partial charge on any atom is -0.349 e. The largest absolute Gasteiger partial charge is 0.349 e. The second-order valence-electron chi connectivity index (χ2n) is 10.8. The lowest BCUT2D eigenvalue weighted by Gasteiger charge is -2.41. The zero-order chi connectivity index (χ0) is 24.7. The Morgan fingerprint density at radius 1 is 1.20 bits per heavy atom. The van der Waals surface area contributed by atoms with Crippen LogP contribution in [0.2, 0.25) is 0 Å². The van der Waals surface area contributed by atoms with Gasteiger partial charge in [-0.1, -0.05) is 13.8 Å². The molecule has 0 aromatic carbocycles. The summed E-state index contributed by atoms with van der Waals surface area (Å²) in [5.41, 5.74) is 4.29. The second-order valence-corrected chi connectivity index (χ2v) is 11.7. The van der Waals surface area contributed by atoms with E-state index in [1.165, 1.54) is 18.5 Å². The average molecular weight is 499 g/mol. The molecule has 2 aromatic heterocycles. The lowest BCUT2D eigenvalue weighted by atomic mass is 9.95. The van der Waals surface area contributed by atoms with Crippen LogP contribution >= 0.6 is 11.3 Å². The van der Waals surface area contributed by atoms with Crippen molar-refractivity contribution < 1.29 is 9.59 Å². The molecule has 190 valence electrons. The van der Waals surface area contributed by atoms with Gasteiger partial charge in [-0.05, 0) is 39.0 Å². The van der Waals surface area contributed by atoms with E-state index in [2.05, 4.69) is 26.7 Å². The number of rotatable bonds is 7. The van der Waals surface area contributed by atoms with Gasteiger partial charge in [-0.25, -0.2) is 4.98 Å². The van der Waals surface area contributed by atoms with E-state index in [1.54, 1.807) is 18.3 Å². The van der Waals surface area contributed by atoms with Crippen molar-refractivity contribution in [3.63, 3.8) is 0 Å². The highest BCUT2D eigenvalue weighted by molar-refractivity contribution is 7.09. The molecule has 0 saturated carbocycles. The van der Waals surface area contributed by atoms with Crippen LogP contribution in [-0.2, 0) is 22.6 Å². The number of aryl methyl sites for hydroxylation is 1. The van der Waals surface area contributed by atoms with Crippen LogP contribution in [0, 0.1) is 12.8 Å². The first-order valence-corrected chi connectivity index (χ1v) is 14.0. The number of carbonyl (C=O) groups excluding carboxylic acids is 2. The Kier molecular flexibility index (Phi) is 6.99. The molecule has 35 heavy (non-hydrogen) atoms. The lowest BCUT2D eigenvalue weighted by Crippen LogP contribution is -2.45. The average Bonchev–Trinajstić information content (AvgIpc) is 3.51. The summed E-state index contributed by atoms with van der Waals surface area (Å²) in [6.07, 6.45) is 8.50. The summed E-state index contributed by atoms with van der Waals surface area (Å²) in [4.78, 5) is 39.3. The van der Waals surface area contributed by atoms with Gasteiger partial charge in [0.1, 0.15) is 5.82 Å². The molecular formula is C26H38N6O2S. The van der Waals surface area contributed by atoms with Crippen LogP contribution in [0.5, 0.6) is 0 Å². The number of hydrogen-bond acceptors (Lipinski definition) is 6. The molecule has 4 atom stereocenters. The summed E-state index contributed by atoms with van der Waals surface area (Å²) in [7, 11) is 0. The Hall–Kier alpha value is -2.26. The molecule has 0 aliphatic carbocycles. The summed E-state index contributed by atoms with van der Waals surface area (Å²) in [5.74, 6) is 1.37. The number of aromatic nitrogens is 3. The van der Waals surface area contributed by atoms with Crippen LogP contribution in [0.4, 0.5) is 0 Å². The van der Waals surface area contributed by atoms with E-state index in [4.69, 9.17) is 4.98 Å². The van der Waals surface area contributed by atoms with Crippen LogP contribution in [0.1, 0.15) is 87.0 Å². The quantitative estimate of drug-likeness (QED) is 0.630. The van der Waals surface area contributed by atoms with Crippen molar-refractivity contribution in [3.05, 3.63) is 33.8 Å². The number of piperidine rings is 1. The van der Waals surface area contributed by atoms with Gasteiger partial charge >= 0.3 is 0 Å². The van der Waals surface area contributed by atoms with Crippen molar-refractivity contribution in [2.45, 2.75) is 96.9 Å². The van der Waals surface area contributed by atoms with Gasteiger partial charge in [-0.3, -0.25) is 19.5 Å². The molecule has 5 rings (SSSR count). The summed E-state index contributed by atoms with van der Waals surface area (Å²) in [6.45, 7) is 10.1. The normalized spacial score (nSPS) is 25.1. The van der Waals surface area contributed by atoms with Crippen molar-refractivity contribution >= 4 is 23.2 Å². The third-order valence-electron chi connectivity index (χ3n) is 8.11. The number of imidazole rings is 1. The Balaban J connectivity index is 1.26. The van der Waals surface area contributed by atoms with Gasteiger partial charge in [0.2, 0.25) is 11.8 Å². The molecule has 3 aliphatic rings. The van der Waals surface area contributed by atoms with Crippen LogP contribution in [0.25, 0.3) is 0 Å². The molecule has 2 aromatic rings. The standard InChI is InChI=1S/C26H38N6O2S/c1-16(2)26(34)30-9-8-24-23(14-30)28-17(3)32(24)21-11-19-5-6-20(12-21)31(19)10-7-22(29-18(4)33)25-13-27-15-35-25/h13,15-16,19-22H,5-12,14H2,1-4H3,(H,29,33)/t19-,20+,21?,22-/m0/s1. The molecule has 0 spiro atoms. The first-order chi connectivity index (χ1) is 16.8. The van der Waals surface area contributed by atoms with Crippen molar-refractivity contribution in [1.29, 1.82) is 0 Å². The molecule has 1 N–H and O–H groups in total. The van der Waals surface area contributed by atoms with E-state index in [-0.39, 0.29) is 23.8 Å². The molecule has 9 heteroatoms. The van der Waals surface area contributed by atoms with Crippen LogP contribution in [0.3, 0.4) is 0 Å². The molecule has 1 unspecified atom stereocenters. The Bertz CT molecular complexity index is 1050. The Morgan fingerprint density at radius 2 is 1.94 bits per heavy atom. The zero-order valence-corrected chi connectivity index (χ0v) is 22.2. The molecular weight excluding hydrogens is 460 g/mol. The molecule has 2 bridgehead atoms. The molecule has 2 fully saturated rings. The maximum Gasteiger partial charge on any atom is 0.225 e. The number of fused-ring (bicyclic) bond motifs is 3. The van der Waals surface area contributed by atoms with E-state index < -0.39 is 0 Å². The summed E-state index contributed by atoms with van der Waals surface area (Å²) in [5, 5.41) is 3.13. The van der Waals surface area contributed by atoms with Gasteiger partial charge < -0.3 is 14.8 Å². The third-order valence-corrected chi connectivity index (χ3v) is 9.00. The zero-order valence-electron chi connectivity index (χ0n) is 21.4. The number of nitrogens with one attached hydrogen (secondary N) is 1. The fraction of sp³-hybridized carbons (Fsp3) is 0.692. The molecule has 3 aliphatic heterocycles. The van der Waals surface area contributed by atoms with Crippen molar-refractivity contribution in [1.82, 2.24) is 29.7 Å². The van der Waals surface area contributed by atoms with Gasteiger partial charge in [-0.2, -0.15) is 0 Å². The van der Waals surface area contributed by atoms with Gasteiger partial charge in [0.25, 0.3) is 0 Å². The van der Waals surface area contributed by atoms with E-state index >= 15 is 0 Å². The Morgan fingerprint density at radius 3 is 2.57 bits per heavy atom. The number of thiazole rings is 1. The molecule has 0 radical (unpaired) electrons. The molecule has 2 saturated heterocycles. The number of hydrogen-bond donors (Lipinski definition) is 1. The van der Waals surface area contributed by atoms with E-state index in [0.29, 0.717) is 24.7 Å². The summed E-state index contributed by atoms with van der Waals surface area (Å²) >= 11 is 1.61. The highest BCUT2D eigenvalue weighted by atomic mass is 32.1. The molecule has 2 amide bonds. The highest BCUT2D eigenvalue weighted by Gasteiger charge is 2.42. The first-order valence-electron chi connectivity index (χ1n) is 13.1. The summed E-state index contributed by atoms with van der Waals surface area (Å²) in [6, 6.07) is 1.69. The fourth-order valence-corrected chi connectivity index (χ4v) is 7.31. The Labute approximate surface area is 212 Å². The predicted octanol–water partition coefficient (Wildman–Crippen LogP) is 3.62. The molecule has 5 heterocycles. The number of nitrogens with zero attached hydrogens (tertiary/aromatic N) is 5. The maximum atomic E-state index is 12.5. The smallest absolute Gasteiger partial charge is 0.225 e. The first kappa shape index (κ1) is 24.4. The monoisotopic (exact) mass is 498 g/mol.